The zero-order valence-corrected chi connectivity index (χ0v) is 16.6. The number of H-pyrrole nitrogens is 1. The predicted molar refractivity (Wildman–Crippen MR) is 101 cm³/mol. The van der Waals surface area contributed by atoms with Gasteiger partial charge in [-0.05, 0) is 26.7 Å². The molecule has 0 aromatic carbocycles. The summed E-state index contributed by atoms with van der Waals surface area (Å²) < 4.78 is 5.38. The Labute approximate surface area is 162 Å². The highest BCUT2D eigenvalue weighted by molar-refractivity contribution is 7.09. The number of ether oxygens (including phenoxy) is 1. The van der Waals surface area contributed by atoms with Gasteiger partial charge in [0.15, 0.2) is 5.82 Å². The zero-order chi connectivity index (χ0) is 18.8. The van der Waals surface area contributed by atoms with E-state index < -0.39 is 0 Å². The number of hydrogen-bond donors (Lipinski definition) is 2. The number of aromatic nitrogens is 4. The van der Waals surface area contributed by atoms with Crippen molar-refractivity contribution in [3.63, 3.8) is 0 Å². The second-order valence-electron chi connectivity index (χ2n) is 7.44. The van der Waals surface area contributed by atoms with E-state index in [1.165, 1.54) is 4.88 Å². The lowest BCUT2D eigenvalue weighted by Gasteiger charge is -2.25. The average molecular weight is 391 g/mol. The average Bonchev–Trinajstić information content (AvgIpc) is 3.37. The Morgan fingerprint density at radius 1 is 1.37 bits per heavy atom. The molecule has 2 aliphatic heterocycles. The number of amides is 1. The van der Waals surface area contributed by atoms with Crippen LogP contribution in [0.1, 0.15) is 41.0 Å². The number of rotatable bonds is 5. The molecule has 2 aliphatic rings. The normalized spacial score (nSPS) is 24.4. The van der Waals surface area contributed by atoms with Crippen molar-refractivity contribution in [2.75, 3.05) is 26.3 Å². The van der Waals surface area contributed by atoms with Crippen LogP contribution in [0, 0.1) is 19.8 Å². The minimum absolute atomic E-state index is 0.0174. The van der Waals surface area contributed by atoms with Gasteiger partial charge in [0.25, 0.3) is 0 Å². The molecule has 146 valence electrons. The van der Waals surface area contributed by atoms with Crippen LogP contribution in [0.25, 0.3) is 0 Å². The zero-order valence-electron chi connectivity index (χ0n) is 15.8. The number of nitrogens with zero attached hydrogens (tertiary/aromatic N) is 4. The number of thiazole rings is 1. The predicted octanol–water partition coefficient (Wildman–Crippen LogP) is 1.39. The minimum Gasteiger partial charge on any atom is -0.381 e. The molecule has 9 heteroatoms. The van der Waals surface area contributed by atoms with Gasteiger partial charge in [0.2, 0.25) is 5.91 Å². The maximum atomic E-state index is 12.8. The second kappa shape index (κ2) is 8.04. The number of nitrogens with one attached hydrogen (secondary N) is 2. The van der Waals surface area contributed by atoms with Gasteiger partial charge in [-0.15, -0.1) is 11.3 Å². The van der Waals surface area contributed by atoms with E-state index >= 15 is 0 Å². The third kappa shape index (κ3) is 4.20. The lowest BCUT2D eigenvalue weighted by molar-refractivity contribution is -0.128. The van der Waals surface area contributed by atoms with Crippen LogP contribution in [-0.4, -0.2) is 63.3 Å². The summed E-state index contributed by atoms with van der Waals surface area (Å²) in [5.41, 5.74) is 2.97. The molecule has 27 heavy (non-hydrogen) atoms. The van der Waals surface area contributed by atoms with Gasteiger partial charge >= 0.3 is 0 Å². The fourth-order valence-corrected chi connectivity index (χ4v) is 4.71. The summed E-state index contributed by atoms with van der Waals surface area (Å²) in [5, 5.41) is 10.6. The van der Waals surface area contributed by atoms with Crippen molar-refractivity contribution in [3.8, 4) is 0 Å². The first-order valence-electron chi connectivity index (χ1n) is 9.48. The Hall–Kier alpha value is -1.84. The molecule has 0 unspecified atom stereocenters. The van der Waals surface area contributed by atoms with E-state index in [0.29, 0.717) is 13.2 Å². The van der Waals surface area contributed by atoms with Crippen LogP contribution in [0.3, 0.4) is 0 Å². The summed E-state index contributed by atoms with van der Waals surface area (Å²) in [7, 11) is 0. The third-order valence-electron chi connectivity index (χ3n) is 5.47. The monoisotopic (exact) mass is 390 g/mol. The molecule has 2 N–H and O–H groups in total. The highest BCUT2D eigenvalue weighted by atomic mass is 32.1. The van der Waals surface area contributed by atoms with Gasteiger partial charge < -0.3 is 10.1 Å². The minimum atomic E-state index is 0.0174. The maximum absolute atomic E-state index is 12.8. The van der Waals surface area contributed by atoms with Gasteiger partial charge in [-0.1, -0.05) is 0 Å². The molecule has 1 amide bonds. The van der Waals surface area contributed by atoms with E-state index in [1.807, 2.05) is 19.4 Å². The molecule has 8 nitrogen and oxygen atoms in total. The topological polar surface area (TPSA) is 96.0 Å². The van der Waals surface area contributed by atoms with E-state index in [0.717, 1.165) is 49.8 Å². The van der Waals surface area contributed by atoms with Crippen LogP contribution >= 0.6 is 11.3 Å². The lowest BCUT2D eigenvalue weighted by atomic mass is 9.97. The van der Waals surface area contributed by atoms with Gasteiger partial charge in [-0.3, -0.25) is 14.8 Å². The second-order valence-corrected chi connectivity index (χ2v) is 8.38. The number of aryl methyl sites for hydroxylation is 2. The highest BCUT2D eigenvalue weighted by Crippen LogP contribution is 2.28. The number of likely N-dealkylation sites (tertiary alicyclic amines) is 1. The Kier molecular flexibility index (Phi) is 5.51. The van der Waals surface area contributed by atoms with Crippen molar-refractivity contribution in [1.29, 1.82) is 0 Å². The summed E-state index contributed by atoms with van der Waals surface area (Å²) in [4.78, 5) is 25.3. The number of carbonyl (C=O) groups is 1. The Balaban J connectivity index is 1.47. The first-order chi connectivity index (χ1) is 13.1. The third-order valence-corrected chi connectivity index (χ3v) is 6.39. The molecule has 2 aromatic heterocycles. The van der Waals surface area contributed by atoms with E-state index in [4.69, 9.17) is 4.74 Å². The van der Waals surface area contributed by atoms with E-state index in [1.54, 1.807) is 11.3 Å². The standard InChI is InChI=1S/C18H26N6O2S/c1-11-16(27-10-19-11)9-24-7-14(17-20-12(2)22-23-17)15(8-24)21-18(25)13-3-5-26-6-4-13/h10,13-15H,3-9H2,1-2H3,(H,21,25)(H,20,22,23)/t14-,15-/m1/s1. The molecule has 0 bridgehead atoms. The molecular weight excluding hydrogens is 364 g/mol. The lowest BCUT2D eigenvalue weighted by Crippen LogP contribution is -2.44. The molecule has 0 saturated carbocycles. The van der Waals surface area contributed by atoms with Crippen molar-refractivity contribution >= 4 is 17.2 Å². The van der Waals surface area contributed by atoms with Gasteiger partial charge in [0.1, 0.15) is 5.82 Å². The van der Waals surface area contributed by atoms with Gasteiger partial charge in [-0.2, -0.15) is 5.10 Å². The Morgan fingerprint density at radius 3 is 2.85 bits per heavy atom. The summed E-state index contributed by atoms with van der Waals surface area (Å²) in [6.45, 7) is 7.76. The van der Waals surface area contributed by atoms with Crippen molar-refractivity contribution in [2.45, 2.75) is 45.2 Å². The van der Waals surface area contributed by atoms with Crippen LogP contribution < -0.4 is 5.32 Å². The van der Waals surface area contributed by atoms with E-state index in [9.17, 15) is 4.79 Å². The summed E-state index contributed by atoms with van der Waals surface area (Å²) in [6.07, 6.45) is 1.60. The SMILES string of the molecule is Cc1nc([C@@H]2CN(Cc3scnc3C)C[C@H]2NC(=O)C2CCOCC2)n[nH]1. The molecule has 4 heterocycles. The number of hydrogen-bond acceptors (Lipinski definition) is 7. The fraction of sp³-hybridized carbons (Fsp3) is 0.667. The Morgan fingerprint density at radius 2 is 2.19 bits per heavy atom. The molecule has 2 atom stereocenters. The van der Waals surface area contributed by atoms with Crippen molar-refractivity contribution < 1.29 is 9.53 Å². The smallest absolute Gasteiger partial charge is 0.223 e. The molecule has 0 radical (unpaired) electrons. The summed E-state index contributed by atoms with van der Waals surface area (Å²) >= 11 is 1.68. The van der Waals surface area contributed by atoms with Crippen LogP contribution in [-0.2, 0) is 16.1 Å². The molecule has 2 fully saturated rings. The van der Waals surface area contributed by atoms with E-state index in [-0.39, 0.29) is 23.8 Å². The quantitative estimate of drug-likeness (QED) is 0.801. The Bertz CT molecular complexity index is 784. The molecule has 4 rings (SSSR count). The van der Waals surface area contributed by atoms with Crippen molar-refractivity contribution in [3.05, 3.63) is 27.7 Å². The van der Waals surface area contributed by atoms with Gasteiger partial charge in [-0.25, -0.2) is 9.97 Å². The van der Waals surface area contributed by atoms with Crippen LogP contribution in [0.4, 0.5) is 0 Å². The van der Waals surface area contributed by atoms with Crippen molar-refractivity contribution in [1.82, 2.24) is 30.4 Å². The van der Waals surface area contributed by atoms with Gasteiger partial charge in [0, 0.05) is 43.6 Å². The highest BCUT2D eigenvalue weighted by Gasteiger charge is 2.38. The van der Waals surface area contributed by atoms with E-state index in [2.05, 4.69) is 30.4 Å². The summed E-state index contributed by atoms with van der Waals surface area (Å²) in [5.74, 6) is 1.86. The fourth-order valence-electron chi connectivity index (χ4n) is 3.89. The van der Waals surface area contributed by atoms with Crippen LogP contribution in [0.15, 0.2) is 5.51 Å². The van der Waals surface area contributed by atoms with Crippen LogP contribution in [0.5, 0.6) is 0 Å². The van der Waals surface area contributed by atoms with Crippen LogP contribution in [0.2, 0.25) is 0 Å². The molecule has 0 aliphatic carbocycles. The summed E-state index contributed by atoms with van der Waals surface area (Å²) in [6, 6.07) is 0.0174. The first-order valence-corrected chi connectivity index (χ1v) is 10.4. The molecule has 2 aromatic rings. The molecule has 0 spiro atoms. The largest absolute Gasteiger partial charge is 0.381 e. The van der Waals surface area contributed by atoms with Gasteiger partial charge in [0.05, 0.1) is 23.2 Å². The number of carbonyl (C=O) groups excluding carboxylic acids is 1. The maximum Gasteiger partial charge on any atom is 0.223 e. The molecular formula is C18H26N6O2S. The number of aromatic amines is 1. The first kappa shape index (κ1) is 18.5. The molecule has 2 saturated heterocycles. The van der Waals surface area contributed by atoms with Crippen molar-refractivity contribution in [2.24, 2.45) is 5.92 Å².